The number of phenols is 4. The first-order valence-corrected chi connectivity index (χ1v) is 8.68. The normalized spacial score (nSPS) is 10.0. The van der Waals surface area contributed by atoms with Crippen molar-refractivity contribution in [1.82, 2.24) is 0 Å². The van der Waals surface area contributed by atoms with Crippen LogP contribution in [-0.2, 0) is 0 Å². The fraction of sp³-hybridized carbons (Fsp3) is 0. The van der Waals surface area contributed by atoms with E-state index in [4.69, 9.17) is 10.2 Å². The van der Waals surface area contributed by atoms with Crippen molar-refractivity contribution >= 4 is 0 Å². The van der Waals surface area contributed by atoms with Gasteiger partial charge in [0.2, 0.25) is 0 Å². The Bertz CT molecular complexity index is 952. The highest BCUT2D eigenvalue weighted by Gasteiger charge is 1.99. The standard InChI is InChI=1S/2C12H10O2/c2*13-11-6-4-9(5-7-11)10-2-1-3-12(14)8-10/h2*1-8,13-14H. The zero-order valence-corrected chi connectivity index (χ0v) is 15.0. The molecule has 140 valence electrons. The van der Waals surface area contributed by atoms with E-state index in [1.807, 2.05) is 36.4 Å². The molecular weight excluding hydrogens is 352 g/mol. The third kappa shape index (κ3) is 5.05. The molecule has 0 saturated heterocycles. The minimum atomic E-state index is 0.244. The second-order valence-electron chi connectivity index (χ2n) is 6.19. The van der Waals surface area contributed by atoms with E-state index < -0.39 is 0 Å². The van der Waals surface area contributed by atoms with Crippen molar-refractivity contribution in [3.63, 3.8) is 0 Å². The third-order valence-electron chi connectivity index (χ3n) is 4.09. The maximum atomic E-state index is 9.28. The van der Waals surface area contributed by atoms with Gasteiger partial charge in [-0.3, -0.25) is 0 Å². The van der Waals surface area contributed by atoms with E-state index in [1.54, 1.807) is 60.7 Å². The number of benzene rings is 4. The van der Waals surface area contributed by atoms with Crippen LogP contribution in [0.1, 0.15) is 0 Å². The highest BCUT2D eigenvalue weighted by atomic mass is 16.3. The molecule has 0 aliphatic rings. The smallest absolute Gasteiger partial charge is 0.116 e. The molecule has 4 aromatic rings. The molecular formula is C24H20O4. The van der Waals surface area contributed by atoms with Crippen LogP contribution in [0.3, 0.4) is 0 Å². The third-order valence-corrected chi connectivity index (χ3v) is 4.09. The van der Waals surface area contributed by atoms with Gasteiger partial charge in [0.1, 0.15) is 23.0 Å². The lowest BCUT2D eigenvalue weighted by molar-refractivity contribution is 0.474. The van der Waals surface area contributed by atoms with Gasteiger partial charge in [0.25, 0.3) is 0 Å². The molecule has 4 N–H and O–H groups in total. The van der Waals surface area contributed by atoms with Crippen LogP contribution in [0, 0.1) is 0 Å². The first-order chi connectivity index (χ1) is 13.5. The van der Waals surface area contributed by atoms with Crippen molar-refractivity contribution in [2.45, 2.75) is 0 Å². The summed E-state index contributed by atoms with van der Waals surface area (Å²) in [5.41, 5.74) is 3.81. The Morgan fingerprint density at radius 2 is 0.679 bits per heavy atom. The summed E-state index contributed by atoms with van der Waals surface area (Å²) < 4.78 is 0. The largest absolute Gasteiger partial charge is 0.508 e. The molecule has 4 nitrogen and oxygen atoms in total. The summed E-state index contributed by atoms with van der Waals surface area (Å²) in [5.74, 6) is 0.981. The molecule has 0 spiro atoms. The Hall–Kier alpha value is -3.92. The van der Waals surface area contributed by atoms with E-state index in [0.717, 1.165) is 22.3 Å². The topological polar surface area (TPSA) is 80.9 Å². The minimum absolute atomic E-state index is 0.244. The highest BCUT2D eigenvalue weighted by molar-refractivity contribution is 5.66. The Morgan fingerprint density at radius 3 is 1.00 bits per heavy atom. The fourth-order valence-corrected chi connectivity index (χ4v) is 2.68. The quantitative estimate of drug-likeness (QED) is 0.373. The van der Waals surface area contributed by atoms with E-state index in [9.17, 15) is 10.2 Å². The SMILES string of the molecule is Oc1ccc(-c2cccc(O)c2)cc1.Oc1ccc(-c2cccc(O)c2)cc1. The Morgan fingerprint density at radius 1 is 0.321 bits per heavy atom. The first kappa shape index (κ1) is 18.9. The second-order valence-corrected chi connectivity index (χ2v) is 6.19. The maximum absolute atomic E-state index is 9.28. The van der Waals surface area contributed by atoms with Crippen LogP contribution in [-0.4, -0.2) is 20.4 Å². The first-order valence-electron chi connectivity index (χ1n) is 8.68. The number of hydrogen-bond acceptors (Lipinski definition) is 4. The van der Waals surface area contributed by atoms with E-state index in [0.29, 0.717) is 0 Å². The molecule has 0 fully saturated rings. The van der Waals surface area contributed by atoms with Crippen LogP contribution in [0.5, 0.6) is 23.0 Å². The molecule has 0 aromatic heterocycles. The molecule has 4 heteroatoms. The summed E-state index contributed by atoms with van der Waals surface area (Å²) in [7, 11) is 0. The summed E-state index contributed by atoms with van der Waals surface area (Å²) in [6, 6.07) is 27.8. The van der Waals surface area contributed by atoms with Crippen molar-refractivity contribution in [3.05, 3.63) is 97.1 Å². The van der Waals surface area contributed by atoms with Crippen molar-refractivity contribution in [3.8, 4) is 45.3 Å². The molecule has 0 unspecified atom stereocenters. The minimum Gasteiger partial charge on any atom is -0.508 e. The van der Waals surface area contributed by atoms with E-state index >= 15 is 0 Å². The fourth-order valence-electron chi connectivity index (χ4n) is 2.68. The van der Waals surface area contributed by atoms with Gasteiger partial charge in [-0.1, -0.05) is 48.5 Å². The van der Waals surface area contributed by atoms with Crippen molar-refractivity contribution < 1.29 is 20.4 Å². The molecule has 0 bridgehead atoms. The van der Waals surface area contributed by atoms with Crippen molar-refractivity contribution in [2.75, 3.05) is 0 Å². The van der Waals surface area contributed by atoms with Crippen LogP contribution in [0.4, 0.5) is 0 Å². The monoisotopic (exact) mass is 372 g/mol. The van der Waals surface area contributed by atoms with Gasteiger partial charge in [0.05, 0.1) is 0 Å². The van der Waals surface area contributed by atoms with Crippen molar-refractivity contribution in [2.24, 2.45) is 0 Å². The molecule has 0 radical (unpaired) electrons. The Labute approximate surface area is 163 Å². The van der Waals surface area contributed by atoms with Gasteiger partial charge in [-0.25, -0.2) is 0 Å². The summed E-state index contributed by atoms with van der Waals surface area (Å²) in [5, 5.41) is 36.8. The molecule has 28 heavy (non-hydrogen) atoms. The average Bonchev–Trinajstić information content (AvgIpc) is 2.70. The number of aromatic hydroxyl groups is 4. The van der Waals surface area contributed by atoms with Gasteiger partial charge in [0, 0.05) is 0 Å². The average molecular weight is 372 g/mol. The molecule has 4 rings (SSSR count). The van der Waals surface area contributed by atoms with Crippen LogP contribution in [0.25, 0.3) is 22.3 Å². The van der Waals surface area contributed by atoms with Gasteiger partial charge in [-0.15, -0.1) is 0 Å². The second kappa shape index (κ2) is 8.64. The lowest BCUT2D eigenvalue weighted by Crippen LogP contribution is -1.76. The van der Waals surface area contributed by atoms with Gasteiger partial charge in [-0.05, 0) is 70.8 Å². The molecule has 0 amide bonds. The van der Waals surface area contributed by atoms with E-state index in [-0.39, 0.29) is 23.0 Å². The molecule has 0 saturated carbocycles. The zero-order valence-electron chi connectivity index (χ0n) is 15.0. The maximum Gasteiger partial charge on any atom is 0.116 e. The lowest BCUT2D eigenvalue weighted by atomic mass is 10.1. The van der Waals surface area contributed by atoms with Crippen molar-refractivity contribution in [1.29, 1.82) is 0 Å². The number of hydrogen-bond donors (Lipinski definition) is 4. The highest BCUT2D eigenvalue weighted by Crippen LogP contribution is 2.25. The summed E-state index contributed by atoms with van der Waals surface area (Å²) in [6.45, 7) is 0. The summed E-state index contributed by atoms with van der Waals surface area (Å²) in [6.07, 6.45) is 0. The van der Waals surface area contributed by atoms with Crippen LogP contribution in [0.15, 0.2) is 97.1 Å². The molecule has 0 atom stereocenters. The molecule has 0 heterocycles. The van der Waals surface area contributed by atoms with Crippen LogP contribution >= 0.6 is 0 Å². The van der Waals surface area contributed by atoms with Gasteiger partial charge >= 0.3 is 0 Å². The van der Waals surface area contributed by atoms with Gasteiger partial charge in [0.15, 0.2) is 0 Å². The summed E-state index contributed by atoms with van der Waals surface area (Å²) >= 11 is 0. The van der Waals surface area contributed by atoms with E-state index in [1.165, 1.54) is 0 Å². The molecule has 0 aliphatic heterocycles. The van der Waals surface area contributed by atoms with Crippen LogP contribution in [0.2, 0.25) is 0 Å². The Balaban J connectivity index is 0.000000161. The van der Waals surface area contributed by atoms with E-state index in [2.05, 4.69) is 0 Å². The zero-order chi connectivity index (χ0) is 19.9. The summed E-state index contributed by atoms with van der Waals surface area (Å²) in [4.78, 5) is 0. The predicted octanol–water partition coefficient (Wildman–Crippen LogP) is 5.53. The molecule has 4 aromatic carbocycles. The lowest BCUT2D eigenvalue weighted by Gasteiger charge is -2.01. The number of phenolic OH excluding ortho intramolecular Hbond substituents is 4. The predicted molar refractivity (Wildman–Crippen MR) is 110 cm³/mol. The van der Waals surface area contributed by atoms with Gasteiger partial charge in [-0.2, -0.15) is 0 Å². The van der Waals surface area contributed by atoms with Crippen LogP contribution < -0.4 is 0 Å². The van der Waals surface area contributed by atoms with Gasteiger partial charge < -0.3 is 20.4 Å². The Kier molecular flexibility index (Phi) is 5.82. The molecule has 0 aliphatic carbocycles. The number of rotatable bonds is 2.